The summed E-state index contributed by atoms with van der Waals surface area (Å²) in [5.41, 5.74) is 2.96. The molecule has 0 bridgehead atoms. The Balaban J connectivity index is 1.45. The monoisotopic (exact) mass is 406 g/mol. The summed E-state index contributed by atoms with van der Waals surface area (Å²) in [4.78, 5) is 17.1. The summed E-state index contributed by atoms with van der Waals surface area (Å²) in [5, 5.41) is 16.3. The molecule has 1 N–H and O–H groups in total. The second-order valence-corrected chi connectivity index (χ2v) is 7.03. The summed E-state index contributed by atoms with van der Waals surface area (Å²) in [6.45, 7) is 2.77. The Morgan fingerprint density at radius 2 is 2.07 bits per heavy atom. The highest BCUT2D eigenvalue weighted by Gasteiger charge is 2.11. The molecule has 146 valence electrons. The molecule has 0 saturated carbocycles. The SMILES string of the molecule is CCCOc1ccc(-c2csc(NC(=O)c3cccc(-n4cnnn4)c3)n2)cc1. The summed E-state index contributed by atoms with van der Waals surface area (Å²) in [6.07, 6.45) is 2.44. The van der Waals surface area contributed by atoms with Crippen LogP contribution in [0.25, 0.3) is 16.9 Å². The molecule has 0 fully saturated rings. The molecule has 0 saturated heterocycles. The van der Waals surface area contributed by atoms with E-state index in [0.717, 1.165) is 23.4 Å². The number of ether oxygens (including phenoxy) is 1. The number of hydrogen-bond acceptors (Lipinski definition) is 7. The van der Waals surface area contributed by atoms with E-state index in [9.17, 15) is 4.79 Å². The van der Waals surface area contributed by atoms with Crippen molar-refractivity contribution in [3.63, 3.8) is 0 Å². The first-order chi connectivity index (χ1) is 14.2. The highest BCUT2D eigenvalue weighted by molar-refractivity contribution is 7.14. The van der Waals surface area contributed by atoms with Gasteiger partial charge in [-0.2, -0.15) is 0 Å². The van der Waals surface area contributed by atoms with Crippen LogP contribution in [-0.4, -0.2) is 37.7 Å². The summed E-state index contributed by atoms with van der Waals surface area (Å²) >= 11 is 1.38. The van der Waals surface area contributed by atoms with Gasteiger partial charge in [0.05, 0.1) is 18.0 Å². The predicted octanol–water partition coefficient (Wildman–Crippen LogP) is 3.83. The van der Waals surface area contributed by atoms with Gasteiger partial charge in [0.25, 0.3) is 5.91 Å². The quantitative estimate of drug-likeness (QED) is 0.501. The van der Waals surface area contributed by atoms with E-state index in [2.05, 4.69) is 32.7 Å². The Bertz CT molecular complexity index is 1090. The minimum atomic E-state index is -0.246. The fourth-order valence-electron chi connectivity index (χ4n) is 2.64. The number of thiazole rings is 1. The van der Waals surface area contributed by atoms with Crippen molar-refractivity contribution >= 4 is 22.4 Å². The maximum Gasteiger partial charge on any atom is 0.257 e. The zero-order valence-electron chi connectivity index (χ0n) is 15.6. The van der Waals surface area contributed by atoms with Gasteiger partial charge in [-0.05, 0) is 59.3 Å². The van der Waals surface area contributed by atoms with Crippen LogP contribution in [0.1, 0.15) is 23.7 Å². The van der Waals surface area contributed by atoms with Crippen LogP contribution in [0.2, 0.25) is 0 Å². The zero-order valence-corrected chi connectivity index (χ0v) is 16.5. The summed E-state index contributed by atoms with van der Waals surface area (Å²) in [5.74, 6) is 0.589. The van der Waals surface area contributed by atoms with Crippen LogP contribution in [-0.2, 0) is 0 Å². The zero-order chi connectivity index (χ0) is 20.1. The summed E-state index contributed by atoms with van der Waals surface area (Å²) in [6, 6.07) is 14.8. The third-order valence-corrected chi connectivity index (χ3v) is 4.83. The number of rotatable bonds is 7. The second-order valence-electron chi connectivity index (χ2n) is 6.17. The Hall–Kier alpha value is -3.59. The van der Waals surface area contributed by atoms with Crippen LogP contribution in [0.3, 0.4) is 0 Å². The number of tetrazole rings is 1. The molecular weight excluding hydrogens is 388 g/mol. The number of anilines is 1. The van der Waals surface area contributed by atoms with Gasteiger partial charge in [0, 0.05) is 16.5 Å². The van der Waals surface area contributed by atoms with E-state index < -0.39 is 0 Å². The van der Waals surface area contributed by atoms with Crippen molar-refractivity contribution in [1.29, 1.82) is 0 Å². The molecule has 4 rings (SSSR count). The molecule has 0 unspecified atom stereocenters. The average molecular weight is 406 g/mol. The van der Waals surface area contributed by atoms with Crippen molar-refractivity contribution in [3.05, 3.63) is 65.8 Å². The summed E-state index contributed by atoms with van der Waals surface area (Å²) < 4.78 is 7.09. The highest BCUT2D eigenvalue weighted by Crippen LogP contribution is 2.27. The minimum Gasteiger partial charge on any atom is -0.494 e. The lowest BCUT2D eigenvalue weighted by Crippen LogP contribution is -2.12. The van der Waals surface area contributed by atoms with Gasteiger partial charge in [0.2, 0.25) is 0 Å². The molecule has 0 radical (unpaired) electrons. The van der Waals surface area contributed by atoms with Crippen LogP contribution < -0.4 is 10.1 Å². The van der Waals surface area contributed by atoms with Crippen LogP contribution in [0.15, 0.2) is 60.2 Å². The van der Waals surface area contributed by atoms with Gasteiger partial charge in [-0.25, -0.2) is 9.67 Å². The van der Waals surface area contributed by atoms with E-state index in [1.165, 1.54) is 22.3 Å². The summed E-state index contributed by atoms with van der Waals surface area (Å²) in [7, 11) is 0. The average Bonchev–Trinajstić information content (AvgIpc) is 3.45. The lowest BCUT2D eigenvalue weighted by atomic mass is 10.2. The van der Waals surface area contributed by atoms with Crippen LogP contribution in [0, 0.1) is 0 Å². The molecule has 4 aromatic rings. The number of nitrogens with one attached hydrogen (secondary N) is 1. The lowest BCUT2D eigenvalue weighted by molar-refractivity contribution is 0.102. The minimum absolute atomic E-state index is 0.246. The van der Waals surface area contributed by atoms with Gasteiger partial charge in [0.15, 0.2) is 5.13 Å². The van der Waals surface area contributed by atoms with Gasteiger partial charge in [-0.1, -0.05) is 13.0 Å². The molecule has 8 nitrogen and oxygen atoms in total. The molecular formula is C20H18N6O2S. The number of nitrogens with zero attached hydrogens (tertiary/aromatic N) is 5. The van der Waals surface area contributed by atoms with Crippen LogP contribution in [0.4, 0.5) is 5.13 Å². The lowest BCUT2D eigenvalue weighted by Gasteiger charge is -2.05. The molecule has 0 aliphatic heterocycles. The number of aromatic nitrogens is 5. The molecule has 2 aromatic carbocycles. The van der Waals surface area contributed by atoms with Crippen molar-refractivity contribution in [3.8, 4) is 22.7 Å². The van der Waals surface area contributed by atoms with Crippen LogP contribution >= 0.6 is 11.3 Å². The number of hydrogen-bond donors (Lipinski definition) is 1. The van der Waals surface area contributed by atoms with Gasteiger partial charge >= 0.3 is 0 Å². The van der Waals surface area contributed by atoms with Crippen molar-refractivity contribution in [2.45, 2.75) is 13.3 Å². The smallest absolute Gasteiger partial charge is 0.257 e. The maximum absolute atomic E-state index is 12.6. The third kappa shape index (κ3) is 4.46. The molecule has 0 atom stereocenters. The number of benzene rings is 2. The molecule has 0 aliphatic carbocycles. The van der Waals surface area contributed by atoms with Gasteiger partial charge in [-0.15, -0.1) is 16.4 Å². The van der Waals surface area contributed by atoms with Gasteiger partial charge < -0.3 is 4.74 Å². The van der Waals surface area contributed by atoms with Crippen molar-refractivity contribution < 1.29 is 9.53 Å². The molecule has 2 aromatic heterocycles. The number of carbonyl (C=O) groups excluding carboxylic acids is 1. The Morgan fingerprint density at radius 3 is 2.83 bits per heavy atom. The fraction of sp³-hybridized carbons (Fsp3) is 0.150. The van der Waals surface area contributed by atoms with Gasteiger partial charge in [0.1, 0.15) is 12.1 Å². The normalized spacial score (nSPS) is 10.7. The third-order valence-electron chi connectivity index (χ3n) is 4.07. The molecule has 9 heteroatoms. The molecule has 0 aliphatic rings. The second kappa shape index (κ2) is 8.61. The van der Waals surface area contributed by atoms with Crippen molar-refractivity contribution in [1.82, 2.24) is 25.2 Å². The standard InChI is InChI=1S/C20H18N6O2S/c1-2-10-28-17-8-6-14(7-9-17)18-12-29-20(22-18)23-19(27)15-4-3-5-16(11-15)26-13-21-24-25-26/h3-9,11-13H,2,10H2,1H3,(H,22,23,27). The van der Waals surface area contributed by atoms with Gasteiger partial charge in [-0.3, -0.25) is 10.1 Å². The predicted molar refractivity (Wildman–Crippen MR) is 110 cm³/mol. The Morgan fingerprint density at radius 1 is 1.21 bits per heavy atom. The van der Waals surface area contributed by atoms with Crippen molar-refractivity contribution in [2.24, 2.45) is 0 Å². The topological polar surface area (TPSA) is 94.8 Å². The fourth-order valence-corrected chi connectivity index (χ4v) is 3.36. The molecule has 1 amide bonds. The highest BCUT2D eigenvalue weighted by atomic mass is 32.1. The number of amides is 1. The first kappa shape index (κ1) is 18.8. The largest absolute Gasteiger partial charge is 0.494 e. The molecule has 0 spiro atoms. The van der Waals surface area contributed by atoms with E-state index in [0.29, 0.717) is 23.0 Å². The van der Waals surface area contributed by atoms with E-state index in [1.54, 1.807) is 18.2 Å². The first-order valence-corrected chi connectivity index (χ1v) is 9.94. The maximum atomic E-state index is 12.6. The van der Waals surface area contributed by atoms with Crippen LogP contribution in [0.5, 0.6) is 5.75 Å². The number of carbonyl (C=O) groups is 1. The van der Waals surface area contributed by atoms with E-state index in [-0.39, 0.29) is 5.91 Å². The van der Waals surface area contributed by atoms with E-state index in [1.807, 2.05) is 35.7 Å². The Kier molecular flexibility index (Phi) is 5.57. The Labute approximate surface area is 171 Å². The van der Waals surface area contributed by atoms with Crippen molar-refractivity contribution in [2.75, 3.05) is 11.9 Å². The first-order valence-electron chi connectivity index (χ1n) is 9.06. The van der Waals surface area contributed by atoms with E-state index in [4.69, 9.17) is 4.74 Å². The van der Waals surface area contributed by atoms with E-state index >= 15 is 0 Å². The molecule has 2 heterocycles. The molecule has 29 heavy (non-hydrogen) atoms.